The van der Waals surface area contributed by atoms with Crippen molar-refractivity contribution in [2.24, 2.45) is 0 Å². The molecule has 2 aromatic carbocycles. The van der Waals surface area contributed by atoms with E-state index < -0.39 is 0 Å². The number of aromatic amines is 1. The highest BCUT2D eigenvalue weighted by atomic mass is 16.2. The van der Waals surface area contributed by atoms with E-state index in [0.29, 0.717) is 18.1 Å². The molecule has 4 aromatic rings. The third kappa shape index (κ3) is 3.66. The molecular weight excluding hydrogens is 402 g/mol. The number of carbonyl (C=O) groups is 1. The number of anilines is 3. The zero-order chi connectivity index (χ0) is 22.1. The second kappa shape index (κ2) is 8.14. The van der Waals surface area contributed by atoms with Gasteiger partial charge in [-0.15, -0.1) is 0 Å². The molecule has 0 spiro atoms. The van der Waals surface area contributed by atoms with Crippen LogP contribution in [0.25, 0.3) is 22.5 Å². The zero-order valence-corrected chi connectivity index (χ0v) is 17.8. The van der Waals surface area contributed by atoms with Gasteiger partial charge < -0.3 is 15.5 Å². The summed E-state index contributed by atoms with van der Waals surface area (Å²) in [5.74, 6) is 1.36. The molecule has 160 valence electrons. The molecule has 32 heavy (non-hydrogen) atoms. The molecular formula is C24H23N7O. The molecule has 0 bridgehead atoms. The number of amides is 1. The number of aromatic nitrogens is 4. The third-order valence-corrected chi connectivity index (χ3v) is 5.80. The van der Waals surface area contributed by atoms with Crippen molar-refractivity contribution < 1.29 is 4.79 Å². The van der Waals surface area contributed by atoms with E-state index in [-0.39, 0.29) is 11.9 Å². The normalized spacial score (nSPS) is 14.8. The highest BCUT2D eigenvalue weighted by Crippen LogP contribution is 2.34. The number of fused-ring (bicyclic) bond motifs is 1. The minimum absolute atomic E-state index is 0.0199. The summed E-state index contributed by atoms with van der Waals surface area (Å²) in [7, 11) is 3.61. The molecule has 5 rings (SSSR count). The van der Waals surface area contributed by atoms with Gasteiger partial charge in [0.25, 0.3) is 0 Å². The monoisotopic (exact) mass is 425 g/mol. The Morgan fingerprint density at radius 1 is 1.09 bits per heavy atom. The van der Waals surface area contributed by atoms with Crippen molar-refractivity contribution >= 4 is 23.1 Å². The number of benzene rings is 2. The van der Waals surface area contributed by atoms with Crippen LogP contribution < -0.4 is 15.5 Å². The van der Waals surface area contributed by atoms with Crippen molar-refractivity contribution in [3.63, 3.8) is 0 Å². The number of hydrogen-bond donors (Lipinski definition) is 3. The lowest BCUT2D eigenvalue weighted by Crippen LogP contribution is -2.42. The molecule has 8 nitrogen and oxygen atoms in total. The maximum Gasteiger partial charge on any atom is 0.242 e. The Bertz CT molecular complexity index is 1250. The highest BCUT2D eigenvalue weighted by molar-refractivity contribution is 5.88. The number of carbonyl (C=O) groups excluding carboxylic acids is 1. The Labute approximate surface area is 185 Å². The molecule has 1 unspecified atom stereocenters. The lowest BCUT2D eigenvalue weighted by atomic mass is 10.1. The maximum absolute atomic E-state index is 12.2. The summed E-state index contributed by atoms with van der Waals surface area (Å²) in [6.45, 7) is 0. The summed E-state index contributed by atoms with van der Waals surface area (Å²) in [5.41, 5.74) is 6.16. The van der Waals surface area contributed by atoms with Gasteiger partial charge in [0.1, 0.15) is 11.9 Å². The first-order chi connectivity index (χ1) is 15.6. The van der Waals surface area contributed by atoms with E-state index in [0.717, 1.165) is 33.6 Å². The van der Waals surface area contributed by atoms with Crippen LogP contribution in [0.4, 0.5) is 17.2 Å². The molecule has 1 atom stereocenters. The van der Waals surface area contributed by atoms with Crippen molar-refractivity contribution in [3.8, 4) is 22.5 Å². The van der Waals surface area contributed by atoms with E-state index in [1.54, 1.807) is 19.4 Å². The number of H-pyrrole nitrogens is 1. The molecule has 1 aliphatic heterocycles. The van der Waals surface area contributed by atoms with Gasteiger partial charge in [-0.05, 0) is 35.4 Å². The van der Waals surface area contributed by atoms with Crippen LogP contribution in [0.2, 0.25) is 0 Å². The van der Waals surface area contributed by atoms with Crippen molar-refractivity contribution in [2.75, 3.05) is 24.3 Å². The van der Waals surface area contributed by atoms with Crippen LogP contribution >= 0.6 is 0 Å². The molecule has 1 amide bonds. The lowest BCUT2D eigenvalue weighted by Gasteiger charge is -2.21. The second-order valence-corrected chi connectivity index (χ2v) is 7.74. The summed E-state index contributed by atoms with van der Waals surface area (Å²) >= 11 is 0. The van der Waals surface area contributed by atoms with Gasteiger partial charge >= 0.3 is 0 Å². The van der Waals surface area contributed by atoms with Crippen LogP contribution in [0.15, 0.2) is 67.1 Å². The van der Waals surface area contributed by atoms with Crippen LogP contribution in [-0.2, 0) is 11.2 Å². The molecule has 0 saturated carbocycles. The molecule has 3 N–H and O–H groups in total. The minimum Gasteiger partial charge on any atom is -0.362 e. The average molecular weight is 425 g/mol. The standard InChI is InChI=1S/C24H23N7O/c1-25-24(32)21-11-16-3-4-17(12-20(16)31(21)2)23-26-10-9-22(30-23)29-19-7-5-15(6-8-19)18-13-27-28-14-18/h3-10,12-14,21H,11H2,1-2H3,(H,25,32)(H,27,28)(H,26,29,30). The third-order valence-electron chi connectivity index (χ3n) is 5.80. The fourth-order valence-corrected chi connectivity index (χ4v) is 4.02. The van der Waals surface area contributed by atoms with Gasteiger partial charge in [-0.3, -0.25) is 9.89 Å². The topological polar surface area (TPSA) is 98.8 Å². The minimum atomic E-state index is -0.191. The van der Waals surface area contributed by atoms with Crippen LogP contribution in [0, 0.1) is 0 Å². The van der Waals surface area contributed by atoms with Gasteiger partial charge in [-0.25, -0.2) is 9.97 Å². The van der Waals surface area contributed by atoms with Crippen LogP contribution in [0.1, 0.15) is 5.56 Å². The van der Waals surface area contributed by atoms with E-state index in [1.165, 1.54) is 0 Å². The summed E-state index contributed by atoms with van der Waals surface area (Å²) in [6, 6.07) is 15.9. The molecule has 0 fully saturated rings. The Hall–Kier alpha value is -4.20. The predicted molar refractivity (Wildman–Crippen MR) is 125 cm³/mol. The number of hydrogen-bond acceptors (Lipinski definition) is 6. The fraction of sp³-hybridized carbons (Fsp3) is 0.167. The maximum atomic E-state index is 12.2. The zero-order valence-electron chi connectivity index (χ0n) is 17.8. The van der Waals surface area contributed by atoms with E-state index in [2.05, 4.69) is 37.9 Å². The van der Waals surface area contributed by atoms with Gasteiger partial charge in [0.15, 0.2) is 5.82 Å². The highest BCUT2D eigenvalue weighted by Gasteiger charge is 2.31. The first kappa shape index (κ1) is 19.7. The van der Waals surface area contributed by atoms with Gasteiger partial charge in [0.2, 0.25) is 5.91 Å². The summed E-state index contributed by atoms with van der Waals surface area (Å²) in [4.78, 5) is 23.3. The number of nitrogens with zero attached hydrogens (tertiary/aromatic N) is 4. The number of nitrogens with one attached hydrogen (secondary N) is 3. The quantitative estimate of drug-likeness (QED) is 0.453. The molecule has 0 aliphatic carbocycles. The van der Waals surface area contributed by atoms with Gasteiger partial charge in [0.05, 0.1) is 6.20 Å². The van der Waals surface area contributed by atoms with Gasteiger partial charge in [-0.1, -0.05) is 24.3 Å². The van der Waals surface area contributed by atoms with E-state index in [4.69, 9.17) is 4.98 Å². The summed E-state index contributed by atoms with van der Waals surface area (Å²) < 4.78 is 0. The Morgan fingerprint density at radius 2 is 1.91 bits per heavy atom. The number of likely N-dealkylation sites (N-methyl/N-ethyl adjacent to an activating group) is 2. The fourth-order valence-electron chi connectivity index (χ4n) is 4.02. The summed E-state index contributed by atoms with van der Waals surface area (Å²) in [6.07, 6.45) is 6.10. The van der Waals surface area contributed by atoms with Crippen molar-refractivity contribution in [1.82, 2.24) is 25.5 Å². The average Bonchev–Trinajstić information content (AvgIpc) is 3.48. The summed E-state index contributed by atoms with van der Waals surface area (Å²) in [5, 5.41) is 12.9. The molecule has 8 heteroatoms. The Kier molecular flexibility index (Phi) is 5.03. The van der Waals surface area contributed by atoms with Gasteiger partial charge in [0, 0.05) is 55.4 Å². The molecule has 3 heterocycles. The molecule has 1 aliphatic rings. The van der Waals surface area contributed by atoms with E-state index in [1.807, 2.05) is 54.5 Å². The van der Waals surface area contributed by atoms with Crippen molar-refractivity contribution in [3.05, 3.63) is 72.7 Å². The molecule has 0 saturated heterocycles. The predicted octanol–water partition coefficient (Wildman–Crippen LogP) is 3.38. The molecule has 0 radical (unpaired) electrons. The first-order valence-electron chi connectivity index (χ1n) is 10.4. The van der Waals surface area contributed by atoms with Gasteiger partial charge in [-0.2, -0.15) is 5.10 Å². The number of rotatable bonds is 5. The van der Waals surface area contributed by atoms with Crippen LogP contribution in [0.5, 0.6) is 0 Å². The van der Waals surface area contributed by atoms with Crippen molar-refractivity contribution in [2.45, 2.75) is 12.5 Å². The van der Waals surface area contributed by atoms with Crippen LogP contribution in [0.3, 0.4) is 0 Å². The lowest BCUT2D eigenvalue weighted by molar-refractivity contribution is -0.121. The van der Waals surface area contributed by atoms with Crippen LogP contribution in [-0.4, -0.2) is 46.2 Å². The second-order valence-electron chi connectivity index (χ2n) is 7.74. The van der Waals surface area contributed by atoms with E-state index >= 15 is 0 Å². The molecule has 2 aromatic heterocycles. The SMILES string of the molecule is CNC(=O)C1Cc2ccc(-c3nccc(Nc4ccc(-c5cn[nH]c5)cc4)n3)cc2N1C. The van der Waals surface area contributed by atoms with E-state index in [9.17, 15) is 4.79 Å². The Morgan fingerprint density at radius 3 is 2.66 bits per heavy atom. The largest absolute Gasteiger partial charge is 0.362 e. The smallest absolute Gasteiger partial charge is 0.242 e. The van der Waals surface area contributed by atoms with Crippen molar-refractivity contribution in [1.29, 1.82) is 0 Å². The first-order valence-corrected chi connectivity index (χ1v) is 10.4. The Balaban J connectivity index is 1.36.